The van der Waals surface area contributed by atoms with Gasteiger partial charge in [0.25, 0.3) is 0 Å². The number of nitrogens with one attached hydrogen (secondary N) is 1. The van der Waals surface area contributed by atoms with Crippen molar-refractivity contribution in [2.75, 3.05) is 23.3 Å². The average Bonchev–Trinajstić information content (AvgIpc) is 3.20. The van der Waals surface area contributed by atoms with Gasteiger partial charge in [-0.25, -0.2) is 9.37 Å². The summed E-state index contributed by atoms with van der Waals surface area (Å²) in [6, 6.07) is 20.2. The van der Waals surface area contributed by atoms with E-state index in [-0.39, 0.29) is 17.6 Å². The van der Waals surface area contributed by atoms with E-state index in [4.69, 9.17) is 16.6 Å². The van der Waals surface area contributed by atoms with Crippen molar-refractivity contribution in [3.8, 4) is 0 Å². The Kier molecular flexibility index (Phi) is 6.24. The lowest BCUT2D eigenvalue weighted by atomic mass is 9.96. The van der Waals surface area contributed by atoms with Gasteiger partial charge in [-0.15, -0.1) is 0 Å². The second-order valence-electron chi connectivity index (χ2n) is 8.78. The first-order chi connectivity index (χ1) is 16.5. The maximum Gasteiger partial charge on any atom is 0.227 e. The van der Waals surface area contributed by atoms with Gasteiger partial charge in [-0.3, -0.25) is 4.79 Å². The normalized spacial score (nSPS) is 14.5. The second kappa shape index (κ2) is 9.47. The number of aromatic nitrogens is 2. The summed E-state index contributed by atoms with van der Waals surface area (Å²) in [7, 11) is 0. The molecule has 1 fully saturated rings. The van der Waals surface area contributed by atoms with Crippen LogP contribution in [0.1, 0.15) is 24.0 Å². The monoisotopic (exact) mass is 476 g/mol. The van der Waals surface area contributed by atoms with Crippen LogP contribution in [0.2, 0.25) is 5.02 Å². The summed E-state index contributed by atoms with van der Waals surface area (Å²) in [5.74, 6) is 0.564. The molecular weight excluding hydrogens is 451 g/mol. The minimum absolute atomic E-state index is 0.0262. The molecule has 0 bridgehead atoms. The van der Waals surface area contributed by atoms with Crippen LogP contribution in [0, 0.1) is 18.7 Å². The van der Waals surface area contributed by atoms with E-state index in [9.17, 15) is 9.18 Å². The number of halogens is 2. The number of para-hydroxylation sites is 2. The Bertz CT molecular complexity index is 1340. The van der Waals surface area contributed by atoms with Crippen molar-refractivity contribution in [3.63, 3.8) is 0 Å². The van der Waals surface area contributed by atoms with Gasteiger partial charge in [-0.2, -0.15) is 0 Å². The third-order valence-corrected chi connectivity index (χ3v) is 6.95. The number of rotatable bonds is 5. The van der Waals surface area contributed by atoms with Gasteiger partial charge in [0.2, 0.25) is 11.9 Å². The molecule has 7 heteroatoms. The van der Waals surface area contributed by atoms with Crippen LogP contribution in [0.3, 0.4) is 0 Å². The molecule has 1 N–H and O–H groups in total. The molecule has 2 heterocycles. The molecule has 1 amide bonds. The highest BCUT2D eigenvalue weighted by Gasteiger charge is 2.28. The van der Waals surface area contributed by atoms with Crippen molar-refractivity contribution in [1.29, 1.82) is 0 Å². The van der Waals surface area contributed by atoms with Gasteiger partial charge in [0.05, 0.1) is 17.6 Å². The third-order valence-electron chi connectivity index (χ3n) is 6.54. The number of benzene rings is 3. The lowest BCUT2D eigenvalue weighted by Gasteiger charge is -2.32. The summed E-state index contributed by atoms with van der Waals surface area (Å²) in [6.07, 6.45) is 1.46. The van der Waals surface area contributed by atoms with Crippen molar-refractivity contribution in [2.45, 2.75) is 26.3 Å². The Hall–Kier alpha value is -3.38. The molecule has 1 aliphatic heterocycles. The molecule has 0 aliphatic carbocycles. The highest BCUT2D eigenvalue weighted by molar-refractivity contribution is 6.31. The molecule has 1 aliphatic rings. The Labute approximate surface area is 203 Å². The van der Waals surface area contributed by atoms with Crippen LogP contribution in [0.4, 0.5) is 16.0 Å². The summed E-state index contributed by atoms with van der Waals surface area (Å²) in [4.78, 5) is 20.0. The van der Waals surface area contributed by atoms with Crippen molar-refractivity contribution in [2.24, 2.45) is 5.92 Å². The number of amides is 1. The molecule has 1 saturated heterocycles. The Morgan fingerprint density at radius 3 is 2.65 bits per heavy atom. The largest absolute Gasteiger partial charge is 0.342 e. The molecule has 1 aromatic heterocycles. The van der Waals surface area contributed by atoms with Crippen LogP contribution in [0.5, 0.6) is 0 Å². The SMILES string of the molecule is Cc1c(Cl)cccc1NC(=O)C1CCN(c2nc3ccccc3n2Cc2cccc(F)c2)CC1. The number of imidazole rings is 1. The summed E-state index contributed by atoms with van der Waals surface area (Å²) < 4.78 is 15.9. The molecular formula is C27H26ClFN4O. The predicted octanol–water partition coefficient (Wildman–Crippen LogP) is 6.04. The maximum atomic E-state index is 13.8. The number of hydrogen-bond acceptors (Lipinski definition) is 3. The smallest absolute Gasteiger partial charge is 0.227 e. The van der Waals surface area contributed by atoms with Gasteiger partial charge in [0.15, 0.2) is 0 Å². The lowest BCUT2D eigenvalue weighted by molar-refractivity contribution is -0.120. The van der Waals surface area contributed by atoms with Gasteiger partial charge >= 0.3 is 0 Å². The molecule has 5 rings (SSSR count). The van der Waals surface area contributed by atoms with E-state index in [2.05, 4.69) is 14.8 Å². The minimum Gasteiger partial charge on any atom is -0.342 e. The molecule has 4 aromatic rings. The first-order valence-electron chi connectivity index (χ1n) is 11.5. The molecule has 0 unspecified atom stereocenters. The van der Waals surface area contributed by atoms with E-state index in [1.165, 1.54) is 6.07 Å². The topological polar surface area (TPSA) is 50.2 Å². The van der Waals surface area contributed by atoms with Crippen molar-refractivity contribution in [3.05, 3.63) is 88.7 Å². The summed E-state index contributed by atoms with van der Waals surface area (Å²) >= 11 is 6.20. The fourth-order valence-corrected chi connectivity index (χ4v) is 4.77. The Balaban J connectivity index is 1.33. The number of nitrogens with zero attached hydrogens (tertiary/aromatic N) is 3. The highest BCUT2D eigenvalue weighted by Crippen LogP contribution is 2.29. The zero-order chi connectivity index (χ0) is 23.7. The van der Waals surface area contributed by atoms with E-state index < -0.39 is 0 Å². The quantitative estimate of drug-likeness (QED) is 0.382. The van der Waals surface area contributed by atoms with Crippen LogP contribution < -0.4 is 10.2 Å². The maximum absolute atomic E-state index is 13.8. The summed E-state index contributed by atoms with van der Waals surface area (Å²) in [5.41, 5.74) is 4.44. The number of carbonyl (C=O) groups is 1. The standard InChI is InChI=1S/C27H26ClFN4O/c1-18-22(28)8-5-10-23(18)30-26(34)20-12-14-32(15-13-20)27-31-24-9-2-3-11-25(24)33(27)17-19-6-4-7-21(29)16-19/h2-11,16,20H,12-15,17H2,1H3,(H,30,34). The van der Waals surface area contributed by atoms with Gasteiger partial charge in [-0.05, 0) is 67.3 Å². The summed E-state index contributed by atoms with van der Waals surface area (Å²) in [5, 5.41) is 3.69. The number of hydrogen-bond donors (Lipinski definition) is 1. The number of piperidine rings is 1. The van der Waals surface area contributed by atoms with Crippen LogP contribution in [0.25, 0.3) is 11.0 Å². The fourth-order valence-electron chi connectivity index (χ4n) is 4.60. The van der Waals surface area contributed by atoms with E-state index >= 15 is 0 Å². The molecule has 0 atom stereocenters. The first kappa shape index (κ1) is 22.4. The number of fused-ring (bicyclic) bond motifs is 1. The van der Waals surface area contributed by atoms with E-state index in [1.807, 2.05) is 55.5 Å². The van der Waals surface area contributed by atoms with Crippen LogP contribution >= 0.6 is 11.6 Å². The number of anilines is 2. The van der Waals surface area contributed by atoms with Crippen molar-refractivity contribution in [1.82, 2.24) is 9.55 Å². The van der Waals surface area contributed by atoms with Gasteiger partial charge in [0, 0.05) is 29.7 Å². The zero-order valence-corrected chi connectivity index (χ0v) is 19.7. The molecule has 34 heavy (non-hydrogen) atoms. The fraction of sp³-hybridized carbons (Fsp3) is 0.259. The van der Waals surface area contributed by atoms with E-state index in [0.717, 1.165) is 59.7 Å². The number of carbonyl (C=O) groups excluding carboxylic acids is 1. The van der Waals surface area contributed by atoms with Crippen molar-refractivity contribution >= 4 is 40.2 Å². The van der Waals surface area contributed by atoms with E-state index in [0.29, 0.717) is 11.6 Å². The van der Waals surface area contributed by atoms with Gasteiger partial charge < -0.3 is 14.8 Å². The second-order valence-corrected chi connectivity index (χ2v) is 9.19. The minimum atomic E-state index is -0.245. The molecule has 3 aromatic carbocycles. The molecule has 0 spiro atoms. The zero-order valence-electron chi connectivity index (χ0n) is 19.0. The van der Waals surface area contributed by atoms with Crippen LogP contribution in [-0.4, -0.2) is 28.5 Å². The average molecular weight is 477 g/mol. The van der Waals surface area contributed by atoms with E-state index in [1.54, 1.807) is 12.1 Å². The van der Waals surface area contributed by atoms with Gasteiger partial charge in [-0.1, -0.05) is 41.9 Å². The lowest BCUT2D eigenvalue weighted by Crippen LogP contribution is -2.39. The van der Waals surface area contributed by atoms with Gasteiger partial charge in [0.1, 0.15) is 5.82 Å². The summed E-state index contributed by atoms with van der Waals surface area (Å²) in [6.45, 7) is 3.88. The molecule has 0 saturated carbocycles. The molecule has 5 nitrogen and oxygen atoms in total. The van der Waals surface area contributed by atoms with Crippen LogP contribution in [-0.2, 0) is 11.3 Å². The van der Waals surface area contributed by atoms with Crippen LogP contribution in [0.15, 0.2) is 66.7 Å². The first-order valence-corrected chi connectivity index (χ1v) is 11.9. The molecule has 174 valence electrons. The van der Waals surface area contributed by atoms with Crippen molar-refractivity contribution < 1.29 is 9.18 Å². The third kappa shape index (κ3) is 4.50. The Morgan fingerprint density at radius 1 is 1.09 bits per heavy atom. The molecule has 0 radical (unpaired) electrons. The predicted molar refractivity (Wildman–Crippen MR) is 135 cm³/mol. The Morgan fingerprint density at radius 2 is 1.85 bits per heavy atom. The highest BCUT2D eigenvalue weighted by atomic mass is 35.5.